The van der Waals surface area contributed by atoms with Crippen LogP contribution in [0.15, 0.2) is 18.2 Å². The Morgan fingerprint density at radius 2 is 2.00 bits per heavy atom. The number of carbonyl (C=O) groups is 1. The number of nitrogens with two attached hydrogens (primary N) is 3. The van der Waals surface area contributed by atoms with Crippen LogP contribution in [0.1, 0.15) is 12.5 Å². The van der Waals surface area contributed by atoms with Crippen molar-refractivity contribution >= 4 is 17.3 Å². The van der Waals surface area contributed by atoms with Crippen molar-refractivity contribution in [3.8, 4) is 0 Å². The molecule has 0 unspecified atom stereocenters. The number of carboxylic acids is 1. The van der Waals surface area contributed by atoms with Crippen LogP contribution in [-0.4, -0.2) is 16.6 Å². The molecule has 0 aliphatic rings. The van der Waals surface area contributed by atoms with Crippen molar-refractivity contribution in [1.82, 2.24) is 0 Å². The smallest absolute Gasteiger partial charge is 0.323 e. The second kappa shape index (κ2) is 3.78. The van der Waals surface area contributed by atoms with Gasteiger partial charge in [0.15, 0.2) is 0 Å². The van der Waals surface area contributed by atoms with Gasteiger partial charge in [0, 0.05) is 6.42 Å². The van der Waals surface area contributed by atoms with E-state index in [1.54, 1.807) is 18.2 Å². The first-order valence-corrected chi connectivity index (χ1v) is 4.49. The van der Waals surface area contributed by atoms with E-state index < -0.39 is 11.5 Å². The molecule has 0 spiro atoms. The van der Waals surface area contributed by atoms with E-state index in [0.29, 0.717) is 11.4 Å². The Bertz CT molecular complexity index is 388. The third-order valence-electron chi connectivity index (χ3n) is 2.21. The second-order valence-electron chi connectivity index (χ2n) is 3.86. The average molecular weight is 209 g/mol. The van der Waals surface area contributed by atoms with Gasteiger partial charge in [-0.1, -0.05) is 6.07 Å². The summed E-state index contributed by atoms with van der Waals surface area (Å²) in [5.74, 6) is -1.04. The van der Waals surface area contributed by atoms with Crippen LogP contribution < -0.4 is 17.2 Å². The highest BCUT2D eigenvalue weighted by Crippen LogP contribution is 2.19. The number of hydrogen-bond donors (Lipinski definition) is 4. The van der Waals surface area contributed by atoms with Crippen molar-refractivity contribution in [2.24, 2.45) is 5.73 Å². The first-order chi connectivity index (χ1) is 6.83. The normalized spacial score (nSPS) is 14.5. The van der Waals surface area contributed by atoms with Crippen LogP contribution in [0.5, 0.6) is 0 Å². The van der Waals surface area contributed by atoms with E-state index in [1.807, 2.05) is 0 Å². The van der Waals surface area contributed by atoms with Crippen molar-refractivity contribution in [2.75, 3.05) is 11.5 Å². The van der Waals surface area contributed by atoms with Crippen LogP contribution in [-0.2, 0) is 11.2 Å². The van der Waals surface area contributed by atoms with Gasteiger partial charge in [-0.25, -0.2) is 0 Å². The Labute approximate surface area is 87.9 Å². The van der Waals surface area contributed by atoms with Gasteiger partial charge < -0.3 is 22.3 Å². The SMILES string of the molecule is C[C@](N)(Cc1ccc(N)c(N)c1)C(=O)O. The molecule has 5 nitrogen and oxygen atoms in total. The lowest BCUT2D eigenvalue weighted by Gasteiger charge is -2.19. The molecule has 0 heterocycles. The summed E-state index contributed by atoms with van der Waals surface area (Å²) < 4.78 is 0. The number of aliphatic carboxylic acids is 1. The molecule has 0 radical (unpaired) electrons. The molecule has 1 aromatic rings. The van der Waals surface area contributed by atoms with E-state index in [2.05, 4.69) is 0 Å². The average Bonchev–Trinajstić information content (AvgIpc) is 2.10. The molecule has 7 N–H and O–H groups in total. The van der Waals surface area contributed by atoms with Gasteiger partial charge in [-0.15, -0.1) is 0 Å². The van der Waals surface area contributed by atoms with Gasteiger partial charge in [-0.05, 0) is 24.6 Å². The van der Waals surface area contributed by atoms with Gasteiger partial charge in [-0.2, -0.15) is 0 Å². The molecule has 0 aliphatic carbocycles. The van der Waals surface area contributed by atoms with Gasteiger partial charge in [-0.3, -0.25) is 4.79 Å². The standard InChI is InChI=1S/C10H15N3O2/c1-10(13,9(14)15)5-6-2-3-7(11)8(12)4-6/h2-4H,5,11-13H2,1H3,(H,14,15)/t10-/m0/s1. The summed E-state index contributed by atoms with van der Waals surface area (Å²) in [7, 11) is 0. The summed E-state index contributed by atoms with van der Waals surface area (Å²) in [5.41, 5.74) is 17.1. The molecule has 1 aromatic carbocycles. The molecular weight excluding hydrogens is 194 g/mol. The first-order valence-electron chi connectivity index (χ1n) is 4.49. The molecule has 0 saturated heterocycles. The van der Waals surface area contributed by atoms with Crippen LogP contribution >= 0.6 is 0 Å². The summed E-state index contributed by atoms with van der Waals surface area (Å²) in [5, 5.41) is 8.85. The first kappa shape index (κ1) is 11.3. The summed E-state index contributed by atoms with van der Waals surface area (Å²) in [6, 6.07) is 5.01. The molecule has 0 amide bonds. The molecule has 0 fully saturated rings. The molecule has 0 aliphatic heterocycles. The minimum absolute atomic E-state index is 0.215. The maximum atomic E-state index is 10.8. The van der Waals surface area contributed by atoms with Crippen LogP contribution in [0, 0.1) is 0 Å². The third kappa shape index (κ3) is 2.60. The molecule has 15 heavy (non-hydrogen) atoms. The molecule has 82 valence electrons. The quantitative estimate of drug-likeness (QED) is 0.530. The molecule has 1 rings (SSSR count). The van der Waals surface area contributed by atoms with Gasteiger partial charge in [0.2, 0.25) is 0 Å². The van der Waals surface area contributed by atoms with Crippen molar-refractivity contribution in [3.63, 3.8) is 0 Å². The second-order valence-corrected chi connectivity index (χ2v) is 3.86. The summed E-state index contributed by atoms with van der Waals surface area (Å²) in [6.07, 6.45) is 0.215. The van der Waals surface area contributed by atoms with Gasteiger partial charge in [0.05, 0.1) is 11.4 Å². The molecule has 0 bridgehead atoms. The van der Waals surface area contributed by atoms with E-state index in [4.69, 9.17) is 22.3 Å². The Morgan fingerprint density at radius 1 is 1.40 bits per heavy atom. The Hall–Kier alpha value is -1.75. The van der Waals surface area contributed by atoms with Crippen molar-refractivity contribution in [3.05, 3.63) is 23.8 Å². The third-order valence-corrected chi connectivity index (χ3v) is 2.21. The predicted octanol–water partition coefficient (Wildman–Crippen LogP) is 0.196. The zero-order valence-electron chi connectivity index (χ0n) is 8.53. The summed E-state index contributed by atoms with van der Waals surface area (Å²) >= 11 is 0. The highest BCUT2D eigenvalue weighted by Gasteiger charge is 2.28. The number of carboxylic acid groups (broad SMARTS) is 1. The number of anilines is 2. The van der Waals surface area contributed by atoms with E-state index in [0.717, 1.165) is 5.56 Å². The monoisotopic (exact) mass is 209 g/mol. The van der Waals surface area contributed by atoms with E-state index in [1.165, 1.54) is 6.92 Å². The fraction of sp³-hybridized carbons (Fsp3) is 0.300. The minimum Gasteiger partial charge on any atom is -0.480 e. The van der Waals surface area contributed by atoms with Crippen LogP contribution in [0.4, 0.5) is 11.4 Å². The van der Waals surface area contributed by atoms with Gasteiger partial charge in [0.1, 0.15) is 5.54 Å². The lowest BCUT2D eigenvalue weighted by Crippen LogP contribution is -2.46. The maximum absolute atomic E-state index is 10.8. The van der Waals surface area contributed by atoms with Crippen molar-refractivity contribution in [1.29, 1.82) is 0 Å². The lowest BCUT2D eigenvalue weighted by molar-refractivity contribution is -0.142. The van der Waals surface area contributed by atoms with Crippen molar-refractivity contribution < 1.29 is 9.90 Å². The Balaban J connectivity index is 2.91. The molecular formula is C10H15N3O2. The highest BCUT2D eigenvalue weighted by atomic mass is 16.4. The van der Waals surface area contributed by atoms with E-state index in [9.17, 15) is 4.79 Å². The topological polar surface area (TPSA) is 115 Å². The largest absolute Gasteiger partial charge is 0.480 e. The summed E-state index contributed by atoms with van der Waals surface area (Å²) in [6.45, 7) is 1.46. The van der Waals surface area contributed by atoms with Gasteiger partial charge in [0.25, 0.3) is 0 Å². The van der Waals surface area contributed by atoms with Crippen LogP contribution in [0.25, 0.3) is 0 Å². The van der Waals surface area contributed by atoms with Gasteiger partial charge >= 0.3 is 5.97 Å². The fourth-order valence-corrected chi connectivity index (χ4v) is 1.23. The molecule has 5 heteroatoms. The van der Waals surface area contributed by atoms with E-state index in [-0.39, 0.29) is 6.42 Å². The fourth-order valence-electron chi connectivity index (χ4n) is 1.23. The van der Waals surface area contributed by atoms with E-state index >= 15 is 0 Å². The maximum Gasteiger partial charge on any atom is 0.323 e. The molecule has 1 atom stereocenters. The number of hydrogen-bond acceptors (Lipinski definition) is 4. The van der Waals surface area contributed by atoms with Crippen molar-refractivity contribution in [2.45, 2.75) is 18.9 Å². The lowest BCUT2D eigenvalue weighted by atomic mass is 9.94. The highest BCUT2D eigenvalue weighted by molar-refractivity contribution is 5.78. The predicted molar refractivity (Wildman–Crippen MR) is 59.2 cm³/mol. The zero-order chi connectivity index (χ0) is 11.6. The molecule has 0 aromatic heterocycles. The number of benzene rings is 1. The number of rotatable bonds is 3. The Morgan fingerprint density at radius 3 is 2.47 bits per heavy atom. The zero-order valence-corrected chi connectivity index (χ0v) is 8.53. The summed E-state index contributed by atoms with van der Waals surface area (Å²) in [4.78, 5) is 10.8. The molecule has 0 saturated carbocycles. The Kier molecular flexibility index (Phi) is 2.85. The van der Waals surface area contributed by atoms with Crippen LogP contribution in [0.3, 0.4) is 0 Å². The number of nitrogen functional groups attached to an aromatic ring is 2. The van der Waals surface area contributed by atoms with Crippen LogP contribution in [0.2, 0.25) is 0 Å². The minimum atomic E-state index is -1.29.